The molecule has 2 aliphatic heterocycles. The van der Waals surface area contributed by atoms with Crippen LogP contribution in [0.4, 0.5) is 0 Å². The Morgan fingerprint density at radius 2 is 1.73 bits per heavy atom. The van der Waals surface area contributed by atoms with Crippen LogP contribution in [0.15, 0.2) is 0 Å². The summed E-state index contributed by atoms with van der Waals surface area (Å²) in [6.07, 6.45) is 7.38. The molecule has 1 aliphatic carbocycles. The fourth-order valence-corrected chi connectivity index (χ4v) is 3.41. The predicted molar refractivity (Wildman–Crippen MR) is 62.9 cm³/mol. The van der Waals surface area contributed by atoms with E-state index in [2.05, 4.69) is 10.2 Å². The molecular formula is C13H24N2. The predicted octanol–water partition coefficient (Wildman–Crippen LogP) is 1.72. The van der Waals surface area contributed by atoms with Crippen LogP contribution in [0, 0.1) is 17.8 Å². The Morgan fingerprint density at radius 3 is 2.47 bits per heavy atom. The number of rotatable bonds is 3. The van der Waals surface area contributed by atoms with Crippen LogP contribution in [0.25, 0.3) is 0 Å². The third-order valence-electron chi connectivity index (χ3n) is 4.57. The number of hydrogen-bond acceptors (Lipinski definition) is 2. The van der Waals surface area contributed by atoms with Crippen molar-refractivity contribution in [3.63, 3.8) is 0 Å². The molecule has 0 amide bonds. The van der Waals surface area contributed by atoms with E-state index in [1.165, 1.54) is 64.8 Å². The van der Waals surface area contributed by atoms with Gasteiger partial charge in [-0.1, -0.05) is 0 Å². The van der Waals surface area contributed by atoms with Crippen LogP contribution in [0.2, 0.25) is 0 Å². The van der Waals surface area contributed by atoms with Gasteiger partial charge in [0.2, 0.25) is 0 Å². The monoisotopic (exact) mass is 208 g/mol. The van der Waals surface area contributed by atoms with Crippen molar-refractivity contribution in [3.05, 3.63) is 0 Å². The fraction of sp³-hybridized carbons (Fsp3) is 1.00. The summed E-state index contributed by atoms with van der Waals surface area (Å²) < 4.78 is 0. The molecule has 2 nitrogen and oxygen atoms in total. The lowest BCUT2D eigenvalue weighted by atomic mass is 9.97. The van der Waals surface area contributed by atoms with Gasteiger partial charge >= 0.3 is 0 Å². The van der Waals surface area contributed by atoms with Gasteiger partial charge < -0.3 is 10.2 Å². The number of nitrogens with one attached hydrogen (secondary N) is 1. The Bertz CT molecular complexity index is 207. The van der Waals surface area contributed by atoms with Crippen LogP contribution in [-0.4, -0.2) is 37.6 Å². The molecule has 1 N–H and O–H groups in total. The van der Waals surface area contributed by atoms with Gasteiger partial charge in [-0.05, 0) is 69.5 Å². The van der Waals surface area contributed by atoms with Gasteiger partial charge in [-0.25, -0.2) is 0 Å². The van der Waals surface area contributed by atoms with Gasteiger partial charge in [0, 0.05) is 13.1 Å². The van der Waals surface area contributed by atoms with Crippen molar-refractivity contribution in [1.29, 1.82) is 0 Å². The highest BCUT2D eigenvalue weighted by Crippen LogP contribution is 2.41. The lowest BCUT2D eigenvalue weighted by Crippen LogP contribution is -2.35. The van der Waals surface area contributed by atoms with Gasteiger partial charge in [-0.15, -0.1) is 0 Å². The number of nitrogens with zero attached hydrogens (tertiary/aromatic N) is 1. The van der Waals surface area contributed by atoms with Gasteiger partial charge in [0.05, 0.1) is 0 Å². The highest BCUT2D eigenvalue weighted by atomic mass is 15.1. The number of hydrogen-bond donors (Lipinski definition) is 1. The average Bonchev–Trinajstić information content (AvgIpc) is 3.02. The van der Waals surface area contributed by atoms with E-state index in [9.17, 15) is 0 Å². The van der Waals surface area contributed by atoms with E-state index in [4.69, 9.17) is 0 Å². The first-order valence-corrected chi connectivity index (χ1v) is 6.85. The van der Waals surface area contributed by atoms with Gasteiger partial charge in [0.15, 0.2) is 0 Å². The first kappa shape index (κ1) is 10.1. The molecule has 0 bridgehead atoms. The lowest BCUT2D eigenvalue weighted by Gasteiger charge is -2.27. The third kappa shape index (κ3) is 2.54. The van der Waals surface area contributed by atoms with Crippen molar-refractivity contribution in [2.24, 2.45) is 17.8 Å². The van der Waals surface area contributed by atoms with Crippen LogP contribution in [0.1, 0.15) is 32.1 Å². The van der Waals surface area contributed by atoms with E-state index in [1.807, 2.05) is 0 Å². The molecule has 0 radical (unpaired) electrons. The summed E-state index contributed by atoms with van der Waals surface area (Å²) in [4.78, 5) is 2.75. The molecular weight excluding hydrogens is 184 g/mol. The molecule has 2 heterocycles. The SMILES string of the molecule is C1CC(CN2CCC(C3CC3)C2)CCN1. The van der Waals surface area contributed by atoms with Gasteiger partial charge in [-0.2, -0.15) is 0 Å². The Hall–Kier alpha value is -0.0800. The van der Waals surface area contributed by atoms with Crippen LogP contribution in [0.3, 0.4) is 0 Å². The maximum atomic E-state index is 3.46. The topological polar surface area (TPSA) is 15.3 Å². The molecule has 3 rings (SSSR count). The summed E-state index contributed by atoms with van der Waals surface area (Å²) in [7, 11) is 0. The Balaban J connectivity index is 1.43. The minimum atomic E-state index is 0.990. The Kier molecular flexibility index (Phi) is 2.98. The zero-order chi connectivity index (χ0) is 10.1. The molecule has 1 atom stereocenters. The van der Waals surface area contributed by atoms with Gasteiger partial charge in [0.25, 0.3) is 0 Å². The lowest BCUT2D eigenvalue weighted by molar-refractivity contribution is 0.232. The molecule has 86 valence electrons. The van der Waals surface area contributed by atoms with E-state index in [-0.39, 0.29) is 0 Å². The summed E-state index contributed by atoms with van der Waals surface area (Å²) in [5.41, 5.74) is 0. The summed E-state index contributed by atoms with van der Waals surface area (Å²) >= 11 is 0. The number of likely N-dealkylation sites (tertiary alicyclic amines) is 1. The Labute approximate surface area is 93.4 Å². The van der Waals surface area contributed by atoms with E-state index >= 15 is 0 Å². The third-order valence-corrected chi connectivity index (χ3v) is 4.57. The van der Waals surface area contributed by atoms with Crippen molar-refractivity contribution in [3.8, 4) is 0 Å². The summed E-state index contributed by atoms with van der Waals surface area (Å²) in [5.74, 6) is 3.19. The van der Waals surface area contributed by atoms with Crippen molar-refractivity contribution in [1.82, 2.24) is 10.2 Å². The van der Waals surface area contributed by atoms with Crippen LogP contribution >= 0.6 is 0 Å². The molecule has 0 spiro atoms. The molecule has 1 unspecified atom stereocenters. The normalized spacial score (nSPS) is 34.8. The first-order chi connectivity index (χ1) is 7.42. The molecule has 1 saturated carbocycles. The largest absolute Gasteiger partial charge is 0.317 e. The molecule has 0 aromatic rings. The first-order valence-electron chi connectivity index (χ1n) is 6.85. The minimum absolute atomic E-state index is 0.990. The smallest absolute Gasteiger partial charge is 0.00129 e. The minimum Gasteiger partial charge on any atom is -0.317 e. The quantitative estimate of drug-likeness (QED) is 0.759. The second kappa shape index (κ2) is 4.42. The summed E-state index contributed by atoms with van der Waals surface area (Å²) in [6, 6.07) is 0. The highest BCUT2D eigenvalue weighted by molar-refractivity contribution is 4.88. The second-order valence-corrected chi connectivity index (χ2v) is 5.84. The molecule has 15 heavy (non-hydrogen) atoms. The highest BCUT2D eigenvalue weighted by Gasteiger charge is 2.36. The molecule has 0 aromatic heterocycles. The standard InChI is InChI=1S/C13H24N2/c1-2-12(1)13-5-8-15(10-13)9-11-3-6-14-7-4-11/h11-14H,1-10H2. The molecule has 3 fully saturated rings. The van der Waals surface area contributed by atoms with E-state index in [0.29, 0.717) is 0 Å². The molecule has 2 heteroatoms. The molecule has 2 saturated heterocycles. The summed E-state index contributed by atoms with van der Waals surface area (Å²) in [5, 5.41) is 3.46. The maximum absolute atomic E-state index is 3.46. The zero-order valence-corrected chi connectivity index (χ0v) is 9.75. The van der Waals surface area contributed by atoms with Crippen LogP contribution in [-0.2, 0) is 0 Å². The average molecular weight is 208 g/mol. The van der Waals surface area contributed by atoms with Gasteiger partial charge in [-0.3, -0.25) is 0 Å². The van der Waals surface area contributed by atoms with E-state index < -0.39 is 0 Å². The molecule has 0 aromatic carbocycles. The molecule has 3 aliphatic rings. The van der Waals surface area contributed by atoms with Crippen molar-refractivity contribution in [2.75, 3.05) is 32.7 Å². The van der Waals surface area contributed by atoms with Gasteiger partial charge in [0.1, 0.15) is 0 Å². The zero-order valence-electron chi connectivity index (χ0n) is 9.75. The second-order valence-electron chi connectivity index (χ2n) is 5.84. The summed E-state index contributed by atoms with van der Waals surface area (Å²) in [6.45, 7) is 6.72. The van der Waals surface area contributed by atoms with Crippen LogP contribution < -0.4 is 5.32 Å². The van der Waals surface area contributed by atoms with E-state index in [0.717, 1.165) is 17.8 Å². The van der Waals surface area contributed by atoms with E-state index in [1.54, 1.807) is 0 Å². The fourth-order valence-electron chi connectivity index (χ4n) is 3.41. The van der Waals surface area contributed by atoms with Crippen molar-refractivity contribution in [2.45, 2.75) is 32.1 Å². The van der Waals surface area contributed by atoms with Crippen LogP contribution in [0.5, 0.6) is 0 Å². The number of piperidine rings is 1. The van der Waals surface area contributed by atoms with Crippen molar-refractivity contribution >= 4 is 0 Å². The Morgan fingerprint density at radius 1 is 0.933 bits per heavy atom. The van der Waals surface area contributed by atoms with Crippen molar-refractivity contribution < 1.29 is 0 Å². The maximum Gasteiger partial charge on any atom is 0.00129 e.